The first-order valence-corrected chi connectivity index (χ1v) is 7.73. The van der Waals surface area contributed by atoms with E-state index in [0.29, 0.717) is 6.04 Å². The largest absolute Gasteiger partial charge is 0.494 e. The summed E-state index contributed by atoms with van der Waals surface area (Å²) in [5, 5.41) is 3.69. The van der Waals surface area contributed by atoms with Crippen molar-refractivity contribution in [3.05, 3.63) is 29.3 Å². The summed E-state index contributed by atoms with van der Waals surface area (Å²) in [7, 11) is 0. The maximum absolute atomic E-state index is 5.84. The summed E-state index contributed by atoms with van der Waals surface area (Å²) in [5.41, 5.74) is 2.68. The molecule has 1 aliphatic rings. The van der Waals surface area contributed by atoms with E-state index >= 15 is 0 Å². The van der Waals surface area contributed by atoms with Crippen molar-refractivity contribution in [2.45, 2.75) is 52.5 Å². The Balaban J connectivity index is 2.30. The van der Waals surface area contributed by atoms with Gasteiger partial charge in [0.25, 0.3) is 0 Å². The maximum Gasteiger partial charge on any atom is 0.124 e. The molecule has 0 heterocycles. The van der Waals surface area contributed by atoms with Crippen LogP contribution < -0.4 is 10.1 Å². The quantitative estimate of drug-likeness (QED) is 0.827. The summed E-state index contributed by atoms with van der Waals surface area (Å²) >= 11 is 0. The molecular weight excluding hydrogens is 234 g/mol. The van der Waals surface area contributed by atoms with Gasteiger partial charge in [-0.15, -0.1) is 0 Å². The van der Waals surface area contributed by atoms with Gasteiger partial charge in [0.15, 0.2) is 0 Å². The number of hydrogen-bond donors (Lipinski definition) is 1. The van der Waals surface area contributed by atoms with E-state index in [-0.39, 0.29) is 0 Å². The lowest BCUT2D eigenvalue weighted by Gasteiger charge is -2.27. The van der Waals surface area contributed by atoms with Crippen LogP contribution in [0.2, 0.25) is 0 Å². The zero-order valence-corrected chi connectivity index (χ0v) is 12.5. The Labute approximate surface area is 117 Å². The van der Waals surface area contributed by atoms with Crippen molar-refractivity contribution in [1.29, 1.82) is 0 Å². The number of ether oxygens (including phenoxy) is 1. The third-order valence-corrected chi connectivity index (χ3v) is 4.10. The first-order valence-electron chi connectivity index (χ1n) is 7.73. The molecule has 1 N–H and O–H groups in total. The Bertz CT molecular complexity index is 396. The molecule has 0 amide bonds. The third-order valence-electron chi connectivity index (χ3n) is 4.10. The topological polar surface area (TPSA) is 21.3 Å². The number of nitrogens with one attached hydrogen (secondary N) is 1. The summed E-state index contributed by atoms with van der Waals surface area (Å²) in [5.74, 6) is 1.83. The van der Waals surface area contributed by atoms with E-state index in [1.807, 2.05) is 0 Å². The fourth-order valence-electron chi connectivity index (χ4n) is 3.24. The summed E-state index contributed by atoms with van der Waals surface area (Å²) < 4.78 is 5.84. The first-order chi connectivity index (χ1) is 9.26. The minimum absolute atomic E-state index is 0.453. The van der Waals surface area contributed by atoms with Crippen molar-refractivity contribution in [1.82, 2.24) is 5.32 Å². The average molecular weight is 261 g/mol. The molecule has 0 spiro atoms. The third kappa shape index (κ3) is 3.50. The van der Waals surface area contributed by atoms with E-state index in [0.717, 1.165) is 24.8 Å². The van der Waals surface area contributed by atoms with E-state index in [1.165, 1.54) is 36.8 Å². The minimum Gasteiger partial charge on any atom is -0.494 e. The second kappa shape index (κ2) is 6.95. The maximum atomic E-state index is 5.84. The van der Waals surface area contributed by atoms with Crippen LogP contribution >= 0.6 is 0 Å². The van der Waals surface area contributed by atoms with Gasteiger partial charge in [0.1, 0.15) is 5.75 Å². The predicted octanol–water partition coefficient (Wildman–Crippen LogP) is 4.23. The Morgan fingerprint density at radius 1 is 1.26 bits per heavy atom. The SMILES string of the molecule is CCNC(c1cc(C)ccc1OCC)C1CCCC1. The molecule has 1 saturated carbocycles. The van der Waals surface area contributed by atoms with Crippen LogP contribution in [-0.2, 0) is 0 Å². The standard InChI is InChI=1S/C17H27NO/c1-4-18-17(14-8-6-7-9-14)15-12-13(3)10-11-16(15)19-5-2/h10-12,14,17-18H,4-9H2,1-3H3. The molecular formula is C17H27NO. The lowest BCUT2D eigenvalue weighted by Crippen LogP contribution is -2.27. The van der Waals surface area contributed by atoms with Crippen LogP contribution in [0.5, 0.6) is 5.75 Å². The molecule has 106 valence electrons. The molecule has 0 radical (unpaired) electrons. The van der Waals surface area contributed by atoms with Crippen LogP contribution in [-0.4, -0.2) is 13.2 Å². The summed E-state index contributed by atoms with van der Waals surface area (Å²) in [6, 6.07) is 7.03. The molecule has 2 rings (SSSR count). The monoisotopic (exact) mass is 261 g/mol. The molecule has 2 nitrogen and oxygen atoms in total. The van der Waals surface area contributed by atoms with E-state index in [4.69, 9.17) is 4.74 Å². The zero-order chi connectivity index (χ0) is 13.7. The highest BCUT2D eigenvalue weighted by Crippen LogP contribution is 2.39. The molecule has 19 heavy (non-hydrogen) atoms. The summed E-state index contributed by atoms with van der Waals surface area (Å²) in [6.07, 6.45) is 5.44. The highest BCUT2D eigenvalue weighted by atomic mass is 16.5. The second-order valence-corrected chi connectivity index (χ2v) is 5.55. The van der Waals surface area contributed by atoms with Gasteiger partial charge in [0.05, 0.1) is 6.61 Å². The molecule has 0 aromatic heterocycles. The smallest absolute Gasteiger partial charge is 0.124 e. The van der Waals surface area contributed by atoms with E-state index in [1.54, 1.807) is 0 Å². The Hall–Kier alpha value is -1.02. The van der Waals surface area contributed by atoms with E-state index in [2.05, 4.69) is 44.3 Å². The van der Waals surface area contributed by atoms with Gasteiger partial charge in [-0.05, 0) is 45.2 Å². The fraction of sp³-hybridized carbons (Fsp3) is 0.647. The molecule has 1 aliphatic carbocycles. The number of aryl methyl sites for hydroxylation is 1. The minimum atomic E-state index is 0.453. The van der Waals surface area contributed by atoms with Crippen molar-refractivity contribution >= 4 is 0 Å². The van der Waals surface area contributed by atoms with Crippen LogP contribution in [0, 0.1) is 12.8 Å². The van der Waals surface area contributed by atoms with E-state index in [9.17, 15) is 0 Å². The molecule has 1 aromatic rings. The average Bonchev–Trinajstić information content (AvgIpc) is 2.92. The molecule has 0 aliphatic heterocycles. The van der Waals surface area contributed by atoms with Gasteiger partial charge in [-0.25, -0.2) is 0 Å². The van der Waals surface area contributed by atoms with E-state index < -0.39 is 0 Å². The van der Waals surface area contributed by atoms with Crippen LogP contribution in [0.1, 0.15) is 56.7 Å². The molecule has 2 heteroatoms. The van der Waals surface area contributed by atoms with Crippen molar-refractivity contribution in [3.63, 3.8) is 0 Å². The highest BCUT2D eigenvalue weighted by molar-refractivity contribution is 5.39. The highest BCUT2D eigenvalue weighted by Gasteiger charge is 2.27. The molecule has 1 unspecified atom stereocenters. The van der Waals surface area contributed by atoms with Gasteiger partial charge < -0.3 is 10.1 Å². The Morgan fingerprint density at radius 3 is 2.63 bits per heavy atom. The van der Waals surface area contributed by atoms with Crippen molar-refractivity contribution < 1.29 is 4.74 Å². The number of hydrogen-bond acceptors (Lipinski definition) is 2. The number of benzene rings is 1. The van der Waals surface area contributed by atoms with Gasteiger partial charge in [0.2, 0.25) is 0 Å². The van der Waals surface area contributed by atoms with Crippen molar-refractivity contribution in [2.75, 3.05) is 13.2 Å². The predicted molar refractivity (Wildman–Crippen MR) is 80.7 cm³/mol. The van der Waals surface area contributed by atoms with Crippen LogP contribution in [0.25, 0.3) is 0 Å². The molecule has 0 bridgehead atoms. The lowest BCUT2D eigenvalue weighted by atomic mass is 9.90. The van der Waals surface area contributed by atoms with Gasteiger partial charge in [-0.2, -0.15) is 0 Å². The normalized spacial score (nSPS) is 17.6. The Morgan fingerprint density at radius 2 is 2.00 bits per heavy atom. The first kappa shape index (κ1) is 14.4. The zero-order valence-electron chi connectivity index (χ0n) is 12.5. The molecule has 0 saturated heterocycles. The summed E-state index contributed by atoms with van der Waals surface area (Å²) in [6.45, 7) is 8.16. The van der Waals surface area contributed by atoms with Gasteiger partial charge >= 0.3 is 0 Å². The number of rotatable bonds is 6. The molecule has 1 fully saturated rings. The van der Waals surface area contributed by atoms with Gasteiger partial charge in [0, 0.05) is 11.6 Å². The van der Waals surface area contributed by atoms with Crippen LogP contribution in [0.4, 0.5) is 0 Å². The van der Waals surface area contributed by atoms with Crippen LogP contribution in [0.15, 0.2) is 18.2 Å². The van der Waals surface area contributed by atoms with Crippen LogP contribution in [0.3, 0.4) is 0 Å². The molecule has 1 aromatic carbocycles. The Kier molecular flexibility index (Phi) is 5.26. The summed E-state index contributed by atoms with van der Waals surface area (Å²) in [4.78, 5) is 0. The van der Waals surface area contributed by atoms with Crippen molar-refractivity contribution in [3.8, 4) is 5.75 Å². The lowest BCUT2D eigenvalue weighted by molar-refractivity contribution is 0.315. The molecule has 1 atom stereocenters. The van der Waals surface area contributed by atoms with Gasteiger partial charge in [-0.1, -0.05) is 37.5 Å². The fourth-order valence-corrected chi connectivity index (χ4v) is 3.24. The van der Waals surface area contributed by atoms with Crippen molar-refractivity contribution in [2.24, 2.45) is 5.92 Å². The second-order valence-electron chi connectivity index (χ2n) is 5.55. The van der Waals surface area contributed by atoms with Gasteiger partial charge in [-0.3, -0.25) is 0 Å².